The van der Waals surface area contributed by atoms with E-state index in [1.807, 2.05) is 31.5 Å². The molecule has 2 fully saturated rings. The Kier molecular flexibility index (Phi) is 4.93. The molecule has 1 aliphatic heterocycles. The Labute approximate surface area is 166 Å². The Bertz CT molecular complexity index is 1010. The van der Waals surface area contributed by atoms with Gasteiger partial charge in [0.05, 0.1) is 28.7 Å². The molecule has 28 heavy (non-hydrogen) atoms. The van der Waals surface area contributed by atoms with Crippen LogP contribution < -0.4 is 0 Å². The van der Waals surface area contributed by atoms with Crippen molar-refractivity contribution in [2.24, 2.45) is 0 Å². The Balaban J connectivity index is 1.78. The molecule has 152 valence electrons. The van der Waals surface area contributed by atoms with Crippen LogP contribution in [-0.4, -0.2) is 58.1 Å². The van der Waals surface area contributed by atoms with E-state index in [0.717, 1.165) is 36.0 Å². The first-order valence-electron chi connectivity index (χ1n) is 10.2. The number of hydrogen-bond donors (Lipinski definition) is 0. The van der Waals surface area contributed by atoms with Crippen LogP contribution in [0.5, 0.6) is 0 Å². The number of amides is 1. The first-order chi connectivity index (χ1) is 13.3. The second-order valence-electron chi connectivity index (χ2n) is 8.34. The highest BCUT2D eigenvalue weighted by Crippen LogP contribution is 2.40. The van der Waals surface area contributed by atoms with E-state index in [-0.39, 0.29) is 29.5 Å². The van der Waals surface area contributed by atoms with Crippen LogP contribution in [0.4, 0.5) is 0 Å². The van der Waals surface area contributed by atoms with Crippen LogP contribution in [-0.2, 0) is 9.84 Å². The van der Waals surface area contributed by atoms with Crippen LogP contribution in [0.25, 0.3) is 11.0 Å². The Hall–Kier alpha value is -1.96. The van der Waals surface area contributed by atoms with Gasteiger partial charge in [-0.2, -0.15) is 5.10 Å². The maximum Gasteiger partial charge on any atom is 0.255 e. The fourth-order valence-corrected chi connectivity index (χ4v) is 5.78. The number of nitrogens with zero attached hydrogens (tertiary/aromatic N) is 4. The summed E-state index contributed by atoms with van der Waals surface area (Å²) >= 11 is 0. The van der Waals surface area contributed by atoms with Gasteiger partial charge in [0.25, 0.3) is 5.91 Å². The van der Waals surface area contributed by atoms with Crippen LogP contribution in [0.15, 0.2) is 12.3 Å². The van der Waals surface area contributed by atoms with Crippen molar-refractivity contribution in [1.29, 1.82) is 0 Å². The Morgan fingerprint density at radius 3 is 2.64 bits per heavy atom. The van der Waals surface area contributed by atoms with Crippen molar-refractivity contribution in [2.45, 2.75) is 64.5 Å². The molecule has 3 heterocycles. The van der Waals surface area contributed by atoms with Gasteiger partial charge in [0.2, 0.25) is 0 Å². The van der Waals surface area contributed by atoms with Crippen LogP contribution >= 0.6 is 0 Å². The molecule has 1 saturated heterocycles. The molecule has 1 unspecified atom stereocenters. The minimum atomic E-state index is -3.06. The molecular weight excluding hydrogens is 376 g/mol. The molecule has 0 aromatic carbocycles. The van der Waals surface area contributed by atoms with Gasteiger partial charge in [-0.1, -0.05) is 6.92 Å². The molecular formula is C20H28N4O3S. The fraction of sp³-hybridized carbons (Fsp3) is 0.650. The molecule has 2 aromatic heterocycles. The van der Waals surface area contributed by atoms with Gasteiger partial charge in [-0.3, -0.25) is 4.79 Å². The molecule has 0 N–H and O–H groups in total. The van der Waals surface area contributed by atoms with Crippen molar-refractivity contribution >= 4 is 26.8 Å². The summed E-state index contributed by atoms with van der Waals surface area (Å²) in [5.74, 6) is 0.544. The standard InChI is InChI=1S/C20H28N4O3S/c1-4-8-23(15-7-9-28(26,27)12-15)20(25)16-10-18(14-5-6-14)22-19-17(16)11-21-24(19)13(2)3/h10-11,13-15H,4-9,12H2,1-3H3. The van der Waals surface area contributed by atoms with Gasteiger partial charge in [-0.05, 0) is 45.6 Å². The lowest BCUT2D eigenvalue weighted by atomic mass is 10.1. The highest BCUT2D eigenvalue weighted by Gasteiger charge is 2.36. The maximum atomic E-state index is 13.6. The molecule has 0 bridgehead atoms. The molecule has 0 spiro atoms. The summed E-state index contributed by atoms with van der Waals surface area (Å²) in [7, 11) is -3.06. The molecule has 4 rings (SSSR count). The summed E-state index contributed by atoms with van der Waals surface area (Å²) in [6, 6.07) is 1.82. The largest absolute Gasteiger partial charge is 0.335 e. The SMILES string of the molecule is CCCN(C(=O)c1cc(C2CC2)nc2c1cnn2C(C)C)C1CCS(=O)(=O)C1. The number of rotatable bonds is 6. The Morgan fingerprint density at radius 1 is 1.32 bits per heavy atom. The first-order valence-corrected chi connectivity index (χ1v) is 12.0. The van der Waals surface area contributed by atoms with E-state index in [9.17, 15) is 13.2 Å². The summed E-state index contributed by atoms with van der Waals surface area (Å²) < 4.78 is 25.8. The van der Waals surface area contributed by atoms with Gasteiger partial charge >= 0.3 is 0 Å². The van der Waals surface area contributed by atoms with Crippen molar-refractivity contribution < 1.29 is 13.2 Å². The number of fused-ring (bicyclic) bond motifs is 1. The Morgan fingerprint density at radius 2 is 2.07 bits per heavy atom. The van der Waals surface area contributed by atoms with E-state index in [1.54, 1.807) is 11.1 Å². The van der Waals surface area contributed by atoms with Crippen LogP contribution in [0, 0.1) is 0 Å². The van der Waals surface area contributed by atoms with Crippen LogP contribution in [0.3, 0.4) is 0 Å². The second-order valence-corrected chi connectivity index (χ2v) is 10.6. The first kappa shape index (κ1) is 19.4. The number of pyridine rings is 1. The zero-order valence-corrected chi connectivity index (χ0v) is 17.6. The molecule has 1 saturated carbocycles. The maximum absolute atomic E-state index is 13.6. The monoisotopic (exact) mass is 404 g/mol. The molecule has 8 heteroatoms. The van der Waals surface area contributed by atoms with E-state index >= 15 is 0 Å². The summed E-state index contributed by atoms with van der Waals surface area (Å²) in [4.78, 5) is 20.2. The van der Waals surface area contributed by atoms with E-state index in [4.69, 9.17) is 4.98 Å². The lowest BCUT2D eigenvalue weighted by Crippen LogP contribution is -2.41. The summed E-state index contributed by atoms with van der Waals surface area (Å²) in [6.07, 6.45) is 5.23. The third kappa shape index (κ3) is 3.54. The van der Waals surface area contributed by atoms with Gasteiger partial charge in [-0.15, -0.1) is 0 Å². The molecule has 2 aliphatic rings. The highest BCUT2D eigenvalue weighted by molar-refractivity contribution is 7.91. The van der Waals surface area contributed by atoms with Crippen molar-refractivity contribution in [3.63, 3.8) is 0 Å². The minimum absolute atomic E-state index is 0.0632. The number of carbonyl (C=O) groups is 1. The van der Waals surface area contributed by atoms with Gasteiger partial charge in [0.15, 0.2) is 15.5 Å². The normalized spacial score (nSPS) is 21.5. The van der Waals surface area contributed by atoms with Crippen molar-refractivity contribution in [2.75, 3.05) is 18.1 Å². The third-order valence-corrected chi connectivity index (χ3v) is 7.43. The zero-order valence-electron chi connectivity index (χ0n) is 16.8. The van der Waals surface area contributed by atoms with E-state index in [2.05, 4.69) is 5.10 Å². The van der Waals surface area contributed by atoms with E-state index in [0.29, 0.717) is 24.4 Å². The van der Waals surface area contributed by atoms with E-state index < -0.39 is 9.84 Å². The predicted octanol–water partition coefficient (Wildman–Crippen LogP) is 2.93. The molecule has 0 radical (unpaired) electrons. The molecule has 1 atom stereocenters. The molecule has 2 aromatic rings. The average molecular weight is 405 g/mol. The summed E-state index contributed by atoms with van der Waals surface area (Å²) in [5.41, 5.74) is 2.31. The van der Waals surface area contributed by atoms with Crippen molar-refractivity contribution in [3.8, 4) is 0 Å². The topological polar surface area (TPSA) is 85.2 Å². The van der Waals surface area contributed by atoms with Crippen LogP contribution in [0.2, 0.25) is 0 Å². The minimum Gasteiger partial charge on any atom is -0.335 e. The van der Waals surface area contributed by atoms with Crippen LogP contribution in [0.1, 0.15) is 74.5 Å². The lowest BCUT2D eigenvalue weighted by molar-refractivity contribution is 0.0699. The van der Waals surface area contributed by atoms with Gasteiger partial charge in [0, 0.05) is 30.2 Å². The smallest absolute Gasteiger partial charge is 0.255 e. The molecule has 1 aliphatic carbocycles. The summed E-state index contributed by atoms with van der Waals surface area (Å²) in [5, 5.41) is 5.23. The number of aromatic nitrogens is 3. The van der Waals surface area contributed by atoms with Gasteiger partial charge < -0.3 is 4.90 Å². The third-order valence-electron chi connectivity index (χ3n) is 5.68. The quantitative estimate of drug-likeness (QED) is 0.739. The van der Waals surface area contributed by atoms with Gasteiger partial charge in [0.1, 0.15) is 0 Å². The molecule has 1 amide bonds. The van der Waals surface area contributed by atoms with E-state index in [1.165, 1.54) is 0 Å². The predicted molar refractivity (Wildman–Crippen MR) is 108 cm³/mol. The van der Waals surface area contributed by atoms with Crippen molar-refractivity contribution in [1.82, 2.24) is 19.7 Å². The number of carbonyl (C=O) groups excluding carboxylic acids is 1. The highest BCUT2D eigenvalue weighted by atomic mass is 32.2. The second kappa shape index (κ2) is 7.13. The lowest BCUT2D eigenvalue weighted by Gasteiger charge is -2.28. The average Bonchev–Trinajstić information content (AvgIpc) is 3.30. The van der Waals surface area contributed by atoms with Crippen molar-refractivity contribution in [3.05, 3.63) is 23.5 Å². The van der Waals surface area contributed by atoms with Gasteiger partial charge in [-0.25, -0.2) is 18.1 Å². The molecule has 7 nitrogen and oxygen atoms in total. The summed E-state index contributed by atoms with van der Waals surface area (Å²) in [6.45, 7) is 6.66. The number of hydrogen-bond acceptors (Lipinski definition) is 5. The number of sulfone groups is 1. The fourth-order valence-electron chi connectivity index (χ4n) is 4.05. The zero-order chi connectivity index (χ0) is 20.1.